The molecule has 15 heavy (non-hydrogen) atoms. The highest BCUT2D eigenvalue weighted by atomic mass is 16.3. The highest BCUT2D eigenvalue weighted by molar-refractivity contribution is 4.98. The molecule has 4 heteroatoms. The van der Waals surface area contributed by atoms with Crippen molar-refractivity contribution in [1.82, 2.24) is 15.1 Å². The summed E-state index contributed by atoms with van der Waals surface area (Å²) in [5.74, 6) is 0. The van der Waals surface area contributed by atoms with Gasteiger partial charge in [0.05, 0.1) is 11.3 Å². The smallest absolute Gasteiger partial charge is 0.0637 e. The average Bonchev–Trinajstić information content (AvgIpc) is 2.49. The first-order chi connectivity index (χ1) is 6.97. The molecule has 2 N–H and O–H groups in total. The number of rotatable bonds is 6. The first-order valence-electron chi connectivity index (χ1n) is 5.39. The van der Waals surface area contributed by atoms with Crippen LogP contribution in [0.25, 0.3) is 0 Å². The molecule has 0 radical (unpaired) electrons. The number of hydrogen-bond acceptors (Lipinski definition) is 3. The fourth-order valence-electron chi connectivity index (χ4n) is 1.33. The lowest BCUT2D eigenvalue weighted by Crippen LogP contribution is -2.27. The maximum Gasteiger partial charge on any atom is 0.0637 e. The van der Waals surface area contributed by atoms with E-state index in [1.165, 1.54) is 0 Å². The summed E-state index contributed by atoms with van der Waals surface area (Å²) in [7, 11) is 1.92. The minimum atomic E-state index is -0.571. The molecule has 0 aromatic carbocycles. The molecule has 0 saturated heterocycles. The van der Waals surface area contributed by atoms with Gasteiger partial charge in [-0.3, -0.25) is 4.68 Å². The third kappa shape index (κ3) is 5.54. The summed E-state index contributed by atoms with van der Waals surface area (Å²) in [6.07, 6.45) is 3.66. The van der Waals surface area contributed by atoms with E-state index in [1.807, 2.05) is 37.8 Å². The van der Waals surface area contributed by atoms with Gasteiger partial charge in [0.1, 0.15) is 0 Å². The SMILES string of the molecule is Cn1ccc(CCNCCC(C)(C)O)n1. The summed E-state index contributed by atoms with van der Waals surface area (Å²) >= 11 is 0. The Morgan fingerprint density at radius 2 is 2.20 bits per heavy atom. The van der Waals surface area contributed by atoms with Gasteiger partial charge in [0, 0.05) is 26.2 Å². The molecule has 1 aromatic heterocycles. The van der Waals surface area contributed by atoms with E-state index >= 15 is 0 Å². The Morgan fingerprint density at radius 1 is 1.47 bits per heavy atom. The van der Waals surface area contributed by atoms with E-state index in [4.69, 9.17) is 0 Å². The van der Waals surface area contributed by atoms with E-state index in [-0.39, 0.29) is 0 Å². The van der Waals surface area contributed by atoms with Crippen molar-refractivity contribution >= 4 is 0 Å². The fourth-order valence-corrected chi connectivity index (χ4v) is 1.33. The van der Waals surface area contributed by atoms with Crippen LogP contribution in [0.4, 0.5) is 0 Å². The largest absolute Gasteiger partial charge is 0.390 e. The Labute approximate surface area is 91.3 Å². The molecule has 0 bridgehead atoms. The van der Waals surface area contributed by atoms with Crippen LogP contribution in [0, 0.1) is 0 Å². The quantitative estimate of drug-likeness (QED) is 0.681. The lowest BCUT2D eigenvalue weighted by molar-refractivity contribution is 0.0713. The second kappa shape index (κ2) is 5.28. The summed E-state index contributed by atoms with van der Waals surface area (Å²) in [5, 5.41) is 17.1. The van der Waals surface area contributed by atoms with Gasteiger partial charge in [-0.1, -0.05) is 0 Å². The van der Waals surface area contributed by atoms with Gasteiger partial charge < -0.3 is 10.4 Å². The van der Waals surface area contributed by atoms with Crippen molar-refractivity contribution in [1.29, 1.82) is 0 Å². The first-order valence-corrected chi connectivity index (χ1v) is 5.39. The van der Waals surface area contributed by atoms with E-state index in [0.29, 0.717) is 0 Å². The summed E-state index contributed by atoms with van der Waals surface area (Å²) in [5.41, 5.74) is 0.533. The summed E-state index contributed by atoms with van der Waals surface area (Å²) in [4.78, 5) is 0. The van der Waals surface area contributed by atoms with Gasteiger partial charge >= 0.3 is 0 Å². The van der Waals surface area contributed by atoms with Crippen molar-refractivity contribution in [2.24, 2.45) is 7.05 Å². The van der Waals surface area contributed by atoms with Crippen molar-refractivity contribution in [3.8, 4) is 0 Å². The predicted molar refractivity (Wildman–Crippen MR) is 60.7 cm³/mol. The molecule has 0 unspecified atom stereocenters. The molecular weight excluding hydrogens is 190 g/mol. The van der Waals surface area contributed by atoms with Crippen LogP contribution in [0.2, 0.25) is 0 Å². The second-order valence-electron chi connectivity index (χ2n) is 4.54. The van der Waals surface area contributed by atoms with Gasteiger partial charge in [0.15, 0.2) is 0 Å². The van der Waals surface area contributed by atoms with Crippen LogP contribution in [-0.2, 0) is 13.5 Å². The molecule has 0 aliphatic heterocycles. The number of nitrogens with one attached hydrogen (secondary N) is 1. The Bertz CT molecular complexity index is 288. The minimum absolute atomic E-state index is 0.571. The van der Waals surface area contributed by atoms with Crippen LogP contribution in [0.3, 0.4) is 0 Å². The summed E-state index contributed by atoms with van der Waals surface area (Å²) in [6.45, 7) is 5.41. The number of aryl methyl sites for hydroxylation is 1. The number of hydrogen-bond donors (Lipinski definition) is 2. The standard InChI is InChI=1S/C11H21N3O/c1-11(2,15)6-8-12-7-4-10-5-9-14(3)13-10/h5,9,12,15H,4,6-8H2,1-3H3. The lowest BCUT2D eigenvalue weighted by atomic mass is 10.1. The molecule has 0 spiro atoms. The lowest BCUT2D eigenvalue weighted by Gasteiger charge is -2.16. The molecule has 86 valence electrons. The van der Waals surface area contributed by atoms with Crippen molar-refractivity contribution < 1.29 is 5.11 Å². The highest BCUT2D eigenvalue weighted by Gasteiger charge is 2.10. The van der Waals surface area contributed by atoms with E-state index < -0.39 is 5.60 Å². The Hall–Kier alpha value is -0.870. The topological polar surface area (TPSA) is 50.1 Å². The number of aromatic nitrogens is 2. The number of nitrogens with zero attached hydrogens (tertiary/aromatic N) is 2. The van der Waals surface area contributed by atoms with Crippen molar-refractivity contribution in [3.63, 3.8) is 0 Å². The molecule has 1 rings (SSSR count). The van der Waals surface area contributed by atoms with E-state index in [1.54, 1.807) is 0 Å². The number of aliphatic hydroxyl groups is 1. The van der Waals surface area contributed by atoms with E-state index in [2.05, 4.69) is 10.4 Å². The van der Waals surface area contributed by atoms with Gasteiger partial charge in [-0.25, -0.2) is 0 Å². The van der Waals surface area contributed by atoms with Crippen LogP contribution in [0.1, 0.15) is 26.0 Å². The minimum Gasteiger partial charge on any atom is -0.390 e. The van der Waals surface area contributed by atoms with Gasteiger partial charge in [-0.2, -0.15) is 5.10 Å². The van der Waals surface area contributed by atoms with E-state index in [9.17, 15) is 5.11 Å². The molecular formula is C11H21N3O. The van der Waals surface area contributed by atoms with Crippen LogP contribution < -0.4 is 5.32 Å². The van der Waals surface area contributed by atoms with Crippen molar-refractivity contribution in [2.75, 3.05) is 13.1 Å². The van der Waals surface area contributed by atoms with Gasteiger partial charge in [-0.15, -0.1) is 0 Å². The average molecular weight is 211 g/mol. The highest BCUT2D eigenvalue weighted by Crippen LogP contribution is 2.04. The second-order valence-corrected chi connectivity index (χ2v) is 4.54. The van der Waals surface area contributed by atoms with E-state index in [0.717, 1.165) is 31.6 Å². The van der Waals surface area contributed by atoms with Gasteiger partial charge in [-0.05, 0) is 32.9 Å². The molecule has 4 nitrogen and oxygen atoms in total. The summed E-state index contributed by atoms with van der Waals surface area (Å²) in [6, 6.07) is 2.03. The predicted octanol–water partition coefficient (Wildman–Crippen LogP) is 0.713. The molecule has 0 aliphatic carbocycles. The maximum absolute atomic E-state index is 9.48. The van der Waals surface area contributed by atoms with Crippen LogP contribution >= 0.6 is 0 Å². The Morgan fingerprint density at radius 3 is 2.73 bits per heavy atom. The Balaban J connectivity index is 2.07. The zero-order valence-corrected chi connectivity index (χ0v) is 9.82. The Kier molecular flexibility index (Phi) is 4.29. The van der Waals surface area contributed by atoms with Gasteiger partial charge in [0.2, 0.25) is 0 Å². The zero-order chi connectivity index (χ0) is 11.3. The zero-order valence-electron chi connectivity index (χ0n) is 9.82. The molecule has 0 amide bonds. The molecule has 0 fully saturated rings. The van der Waals surface area contributed by atoms with Crippen LogP contribution in [0.5, 0.6) is 0 Å². The normalized spacial score (nSPS) is 12.0. The first kappa shape index (κ1) is 12.2. The van der Waals surface area contributed by atoms with Crippen LogP contribution in [-0.4, -0.2) is 33.6 Å². The van der Waals surface area contributed by atoms with Crippen LogP contribution in [0.15, 0.2) is 12.3 Å². The third-order valence-corrected chi connectivity index (χ3v) is 2.24. The fraction of sp³-hybridized carbons (Fsp3) is 0.727. The monoisotopic (exact) mass is 211 g/mol. The van der Waals surface area contributed by atoms with Crippen molar-refractivity contribution in [2.45, 2.75) is 32.3 Å². The molecule has 1 heterocycles. The third-order valence-electron chi connectivity index (χ3n) is 2.24. The van der Waals surface area contributed by atoms with Crippen molar-refractivity contribution in [3.05, 3.63) is 18.0 Å². The molecule has 0 aliphatic rings. The maximum atomic E-state index is 9.48. The molecule has 0 atom stereocenters. The molecule has 0 saturated carbocycles. The van der Waals surface area contributed by atoms with Gasteiger partial charge in [0.25, 0.3) is 0 Å². The summed E-state index contributed by atoms with van der Waals surface area (Å²) < 4.78 is 1.81. The molecule has 1 aromatic rings.